The van der Waals surface area contributed by atoms with Crippen LogP contribution >= 0.6 is 0 Å². The minimum atomic E-state index is -0.299. The summed E-state index contributed by atoms with van der Waals surface area (Å²) in [6.07, 6.45) is 1.04. The standard InChI is InChI=1S/C12H16N2O3/c13-14-12(15)11-4-2-1-3-9(11)7-17-10-5-6-16-8-10/h1-4,10H,5-8,13H2,(H,14,15). The van der Waals surface area contributed by atoms with Crippen LogP contribution in [0, 0.1) is 0 Å². The van der Waals surface area contributed by atoms with E-state index < -0.39 is 0 Å². The summed E-state index contributed by atoms with van der Waals surface area (Å²) < 4.78 is 10.9. The van der Waals surface area contributed by atoms with Gasteiger partial charge in [0.15, 0.2) is 0 Å². The number of carbonyl (C=O) groups is 1. The second kappa shape index (κ2) is 5.77. The van der Waals surface area contributed by atoms with Gasteiger partial charge in [-0.2, -0.15) is 0 Å². The molecule has 0 aromatic heterocycles. The molecule has 1 atom stereocenters. The third-order valence-corrected chi connectivity index (χ3v) is 2.76. The molecule has 1 aliphatic rings. The molecule has 0 bridgehead atoms. The van der Waals surface area contributed by atoms with Gasteiger partial charge in [-0.15, -0.1) is 0 Å². The van der Waals surface area contributed by atoms with Crippen LogP contribution in [0.2, 0.25) is 0 Å². The predicted molar refractivity (Wildman–Crippen MR) is 62.1 cm³/mol. The van der Waals surface area contributed by atoms with Crippen LogP contribution < -0.4 is 11.3 Å². The Morgan fingerprint density at radius 2 is 2.35 bits per heavy atom. The lowest BCUT2D eigenvalue weighted by Gasteiger charge is -2.12. The number of ether oxygens (including phenoxy) is 2. The highest BCUT2D eigenvalue weighted by Crippen LogP contribution is 2.14. The summed E-state index contributed by atoms with van der Waals surface area (Å²) in [6, 6.07) is 7.26. The zero-order chi connectivity index (χ0) is 12.1. The quantitative estimate of drug-likeness (QED) is 0.456. The van der Waals surface area contributed by atoms with Gasteiger partial charge < -0.3 is 9.47 Å². The molecule has 1 amide bonds. The molecule has 5 heteroatoms. The van der Waals surface area contributed by atoms with Gasteiger partial charge in [0.1, 0.15) is 0 Å². The third-order valence-electron chi connectivity index (χ3n) is 2.76. The van der Waals surface area contributed by atoms with Crippen molar-refractivity contribution in [1.29, 1.82) is 0 Å². The maximum Gasteiger partial charge on any atom is 0.265 e. The van der Waals surface area contributed by atoms with Crippen molar-refractivity contribution < 1.29 is 14.3 Å². The average Bonchev–Trinajstić information content (AvgIpc) is 2.89. The molecule has 0 radical (unpaired) electrons. The fourth-order valence-electron chi connectivity index (χ4n) is 1.80. The number of hydrazine groups is 1. The van der Waals surface area contributed by atoms with E-state index in [4.69, 9.17) is 15.3 Å². The van der Waals surface area contributed by atoms with E-state index >= 15 is 0 Å². The molecule has 0 spiro atoms. The number of nitrogens with one attached hydrogen (secondary N) is 1. The molecular weight excluding hydrogens is 220 g/mol. The molecule has 0 aliphatic carbocycles. The molecule has 3 N–H and O–H groups in total. The number of benzene rings is 1. The Morgan fingerprint density at radius 1 is 1.53 bits per heavy atom. The fraction of sp³-hybridized carbons (Fsp3) is 0.417. The van der Waals surface area contributed by atoms with Crippen LogP contribution in [-0.2, 0) is 16.1 Å². The Balaban J connectivity index is 2.01. The van der Waals surface area contributed by atoms with Gasteiger partial charge in [-0.25, -0.2) is 5.84 Å². The van der Waals surface area contributed by atoms with Gasteiger partial charge in [-0.3, -0.25) is 10.2 Å². The minimum absolute atomic E-state index is 0.129. The van der Waals surface area contributed by atoms with Gasteiger partial charge >= 0.3 is 0 Å². The lowest BCUT2D eigenvalue weighted by molar-refractivity contribution is 0.0313. The average molecular weight is 236 g/mol. The summed E-state index contributed by atoms with van der Waals surface area (Å²) in [5.41, 5.74) is 3.52. The van der Waals surface area contributed by atoms with Crippen molar-refractivity contribution in [3.63, 3.8) is 0 Å². The minimum Gasteiger partial charge on any atom is -0.379 e. The summed E-state index contributed by atoms with van der Waals surface area (Å²) >= 11 is 0. The Labute approximate surface area is 99.9 Å². The monoisotopic (exact) mass is 236 g/mol. The highest BCUT2D eigenvalue weighted by molar-refractivity contribution is 5.95. The molecule has 1 aliphatic heterocycles. The molecule has 92 valence electrons. The smallest absolute Gasteiger partial charge is 0.265 e. The number of amides is 1. The van der Waals surface area contributed by atoms with E-state index in [-0.39, 0.29) is 12.0 Å². The van der Waals surface area contributed by atoms with Crippen molar-refractivity contribution in [3.8, 4) is 0 Å². The fourth-order valence-corrected chi connectivity index (χ4v) is 1.80. The van der Waals surface area contributed by atoms with Crippen LogP contribution in [0.5, 0.6) is 0 Å². The van der Waals surface area contributed by atoms with E-state index in [1.807, 2.05) is 12.1 Å². The van der Waals surface area contributed by atoms with E-state index in [0.717, 1.165) is 18.6 Å². The molecule has 0 saturated carbocycles. The van der Waals surface area contributed by atoms with Crippen molar-refractivity contribution in [2.45, 2.75) is 19.1 Å². The lowest BCUT2D eigenvalue weighted by Crippen LogP contribution is -2.31. The van der Waals surface area contributed by atoms with Crippen molar-refractivity contribution >= 4 is 5.91 Å². The van der Waals surface area contributed by atoms with Crippen LogP contribution in [0.15, 0.2) is 24.3 Å². The second-order valence-corrected chi connectivity index (χ2v) is 3.93. The molecule has 1 unspecified atom stereocenters. The Morgan fingerprint density at radius 3 is 3.06 bits per heavy atom. The van der Waals surface area contributed by atoms with Crippen molar-refractivity contribution in [1.82, 2.24) is 5.43 Å². The molecule has 17 heavy (non-hydrogen) atoms. The zero-order valence-electron chi connectivity index (χ0n) is 9.52. The Hall–Kier alpha value is -1.43. The molecule has 1 fully saturated rings. The highest BCUT2D eigenvalue weighted by atomic mass is 16.5. The van der Waals surface area contributed by atoms with E-state index in [2.05, 4.69) is 5.43 Å². The van der Waals surface area contributed by atoms with Crippen molar-refractivity contribution in [2.75, 3.05) is 13.2 Å². The molecule has 1 saturated heterocycles. The van der Waals surface area contributed by atoms with Crippen LogP contribution in [-0.4, -0.2) is 25.2 Å². The molecule has 1 aromatic carbocycles. The molecular formula is C12H16N2O3. The molecule has 2 rings (SSSR count). The van der Waals surface area contributed by atoms with Gasteiger partial charge in [0, 0.05) is 12.2 Å². The number of hydrogen-bond donors (Lipinski definition) is 2. The lowest BCUT2D eigenvalue weighted by atomic mass is 10.1. The number of rotatable bonds is 4. The number of nitrogens with two attached hydrogens (primary N) is 1. The summed E-state index contributed by atoms with van der Waals surface area (Å²) in [7, 11) is 0. The number of nitrogen functional groups attached to an aromatic ring is 1. The largest absolute Gasteiger partial charge is 0.379 e. The first-order valence-corrected chi connectivity index (χ1v) is 5.59. The van der Waals surface area contributed by atoms with Crippen LogP contribution in [0.1, 0.15) is 22.3 Å². The van der Waals surface area contributed by atoms with E-state index in [0.29, 0.717) is 18.8 Å². The number of hydrogen-bond acceptors (Lipinski definition) is 4. The van der Waals surface area contributed by atoms with Gasteiger partial charge in [0.25, 0.3) is 5.91 Å². The molecule has 1 heterocycles. The van der Waals surface area contributed by atoms with E-state index in [1.54, 1.807) is 12.1 Å². The topological polar surface area (TPSA) is 73.6 Å². The first-order valence-electron chi connectivity index (χ1n) is 5.59. The maximum atomic E-state index is 11.5. The van der Waals surface area contributed by atoms with E-state index in [9.17, 15) is 4.79 Å². The van der Waals surface area contributed by atoms with Crippen LogP contribution in [0.3, 0.4) is 0 Å². The van der Waals surface area contributed by atoms with Gasteiger partial charge in [-0.05, 0) is 18.1 Å². The second-order valence-electron chi connectivity index (χ2n) is 3.93. The Bertz CT molecular complexity index is 389. The van der Waals surface area contributed by atoms with Crippen molar-refractivity contribution in [2.24, 2.45) is 5.84 Å². The van der Waals surface area contributed by atoms with Gasteiger partial charge in [0.05, 0.1) is 19.3 Å². The first-order chi connectivity index (χ1) is 8.31. The Kier molecular flexibility index (Phi) is 4.08. The third kappa shape index (κ3) is 3.03. The highest BCUT2D eigenvalue weighted by Gasteiger charge is 2.17. The first kappa shape index (κ1) is 12.0. The molecule has 1 aromatic rings. The summed E-state index contributed by atoms with van der Waals surface area (Å²) in [4.78, 5) is 11.5. The SMILES string of the molecule is NNC(=O)c1ccccc1COC1CCOC1. The maximum absolute atomic E-state index is 11.5. The van der Waals surface area contributed by atoms with Gasteiger partial charge in [-0.1, -0.05) is 18.2 Å². The summed E-state index contributed by atoms with van der Waals surface area (Å²) in [6.45, 7) is 1.78. The van der Waals surface area contributed by atoms with Crippen LogP contribution in [0.4, 0.5) is 0 Å². The summed E-state index contributed by atoms with van der Waals surface area (Å²) in [5.74, 6) is 4.83. The normalized spacial score (nSPS) is 19.2. The van der Waals surface area contributed by atoms with E-state index in [1.165, 1.54) is 0 Å². The molecule has 5 nitrogen and oxygen atoms in total. The van der Waals surface area contributed by atoms with Crippen molar-refractivity contribution in [3.05, 3.63) is 35.4 Å². The van der Waals surface area contributed by atoms with Gasteiger partial charge in [0.2, 0.25) is 0 Å². The zero-order valence-corrected chi connectivity index (χ0v) is 9.52. The predicted octanol–water partition coefficient (Wildman–Crippen LogP) is 0.596. The summed E-state index contributed by atoms with van der Waals surface area (Å²) in [5, 5.41) is 0. The number of carbonyl (C=O) groups excluding carboxylic acids is 1. The van der Waals surface area contributed by atoms with Crippen LogP contribution in [0.25, 0.3) is 0 Å².